The molecular weight excluding hydrogens is 196 g/mol. The summed E-state index contributed by atoms with van der Waals surface area (Å²) >= 11 is 0. The van der Waals surface area contributed by atoms with Gasteiger partial charge in [-0.25, -0.2) is 0 Å². The van der Waals surface area contributed by atoms with Crippen LogP contribution < -0.4 is 4.74 Å². The van der Waals surface area contributed by atoms with Crippen molar-refractivity contribution in [3.8, 4) is 5.75 Å². The molecule has 0 N–H and O–H groups in total. The van der Waals surface area contributed by atoms with Gasteiger partial charge in [-0.2, -0.15) is 0 Å². The van der Waals surface area contributed by atoms with Gasteiger partial charge in [-0.3, -0.25) is 0 Å². The Hall–Kier alpha value is -1.24. The van der Waals surface area contributed by atoms with E-state index >= 15 is 0 Å². The molecule has 0 aliphatic heterocycles. The van der Waals surface area contributed by atoms with Gasteiger partial charge in [0.25, 0.3) is 0 Å². The lowest BCUT2D eigenvalue weighted by molar-refractivity contribution is 0.324. The first kappa shape index (κ1) is 12.8. The number of aryl methyl sites for hydroxylation is 1. The number of allylic oxidation sites excluding steroid dienone is 1. The minimum absolute atomic E-state index is 0.765. The molecule has 0 spiro atoms. The van der Waals surface area contributed by atoms with Crippen LogP contribution in [-0.4, -0.2) is 6.61 Å². The fourth-order valence-corrected chi connectivity index (χ4v) is 1.60. The minimum Gasteiger partial charge on any atom is -0.493 e. The molecule has 0 aromatic heterocycles. The summed E-state index contributed by atoms with van der Waals surface area (Å²) in [5.74, 6) is 0.994. The molecule has 0 saturated carbocycles. The van der Waals surface area contributed by atoms with Crippen LogP contribution in [0, 0.1) is 0 Å². The highest BCUT2D eigenvalue weighted by atomic mass is 16.5. The van der Waals surface area contributed by atoms with Gasteiger partial charge in [0.05, 0.1) is 6.61 Å². The van der Waals surface area contributed by atoms with E-state index in [2.05, 4.69) is 45.0 Å². The standard InChI is InChI=1S/C15H22O/c1-4-7-14-9-5-10-15(12-14)16-11-6-8-13(2)3/h5,8-10,12H,4,6-7,11H2,1-3H3. The SMILES string of the molecule is CCCc1cccc(OCCC=C(C)C)c1. The lowest BCUT2D eigenvalue weighted by atomic mass is 10.1. The highest BCUT2D eigenvalue weighted by Crippen LogP contribution is 2.14. The maximum absolute atomic E-state index is 5.70. The molecule has 0 aliphatic rings. The Morgan fingerprint density at radius 2 is 2.12 bits per heavy atom. The van der Waals surface area contributed by atoms with Crippen molar-refractivity contribution >= 4 is 0 Å². The Morgan fingerprint density at radius 1 is 1.31 bits per heavy atom. The molecule has 0 fully saturated rings. The minimum atomic E-state index is 0.765. The van der Waals surface area contributed by atoms with E-state index in [1.165, 1.54) is 17.6 Å². The van der Waals surface area contributed by atoms with Crippen molar-refractivity contribution in [3.05, 3.63) is 41.5 Å². The van der Waals surface area contributed by atoms with Crippen LogP contribution in [0.4, 0.5) is 0 Å². The Balaban J connectivity index is 2.41. The summed E-state index contributed by atoms with van der Waals surface area (Å²) in [6.45, 7) is 7.19. The van der Waals surface area contributed by atoms with Gasteiger partial charge in [-0.1, -0.05) is 37.1 Å². The summed E-state index contributed by atoms with van der Waals surface area (Å²) < 4.78 is 5.70. The molecule has 1 aromatic carbocycles. The van der Waals surface area contributed by atoms with Gasteiger partial charge in [0.1, 0.15) is 5.75 Å². The summed E-state index contributed by atoms with van der Waals surface area (Å²) in [7, 11) is 0. The number of hydrogen-bond donors (Lipinski definition) is 0. The second-order valence-corrected chi connectivity index (χ2v) is 4.32. The Morgan fingerprint density at radius 3 is 2.81 bits per heavy atom. The summed E-state index contributed by atoms with van der Waals surface area (Å²) in [4.78, 5) is 0. The molecule has 0 heterocycles. The van der Waals surface area contributed by atoms with Gasteiger partial charge in [0.2, 0.25) is 0 Å². The number of hydrogen-bond acceptors (Lipinski definition) is 1. The predicted octanol–water partition coefficient (Wildman–Crippen LogP) is 4.37. The van der Waals surface area contributed by atoms with Crippen molar-refractivity contribution in [1.82, 2.24) is 0 Å². The first-order chi connectivity index (χ1) is 7.72. The number of rotatable bonds is 6. The summed E-state index contributed by atoms with van der Waals surface area (Å²) in [6, 6.07) is 8.40. The van der Waals surface area contributed by atoms with E-state index in [0.717, 1.165) is 25.2 Å². The molecule has 0 amide bonds. The molecule has 0 atom stereocenters. The van der Waals surface area contributed by atoms with Crippen molar-refractivity contribution in [2.45, 2.75) is 40.0 Å². The Kier molecular flexibility index (Phi) is 5.69. The Bertz CT molecular complexity index is 335. The molecule has 16 heavy (non-hydrogen) atoms. The van der Waals surface area contributed by atoms with Gasteiger partial charge in [0.15, 0.2) is 0 Å². The summed E-state index contributed by atoms with van der Waals surface area (Å²) in [5, 5.41) is 0. The van der Waals surface area contributed by atoms with E-state index < -0.39 is 0 Å². The van der Waals surface area contributed by atoms with Crippen LogP contribution in [0.5, 0.6) is 5.75 Å². The van der Waals surface area contributed by atoms with E-state index in [9.17, 15) is 0 Å². The molecule has 0 saturated heterocycles. The van der Waals surface area contributed by atoms with Crippen LogP contribution in [0.15, 0.2) is 35.9 Å². The quantitative estimate of drug-likeness (QED) is 0.509. The van der Waals surface area contributed by atoms with Crippen molar-refractivity contribution in [2.75, 3.05) is 6.61 Å². The van der Waals surface area contributed by atoms with Gasteiger partial charge in [-0.15, -0.1) is 0 Å². The fourth-order valence-electron chi connectivity index (χ4n) is 1.60. The van der Waals surface area contributed by atoms with Crippen LogP contribution in [-0.2, 0) is 6.42 Å². The third-order valence-corrected chi connectivity index (χ3v) is 2.38. The maximum Gasteiger partial charge on any atom is 0.119 e. The van der Waals surface area contributed by atoms with Crippen LogP contribution in [0.1, 0.15) is 39.2 Å². The number of ether oxygens (including phenoxy) is 1. The summed E-state index contributed by atoms with van der Waals surface area (Å²) in [6.07, 6.45) is 5.50. The van der Waals surface area contributed by atoms with E-state index in [1.807, 2.05) is 6.07 Å². The highest BCUT2D eigenvalue weighted by molar-refractivity contribution is 5.28. The van der Waals surface area contributed by atoms with Gasteiger partial charge in [-0.05, 0) is 44.4 Å². The smallest absolute Gasteiger partial charge is 0.119 e. The lowest BCUT2D eigenvalue weighted by Crippen LogP contribution is -1.96. The molecule has 88 valence electrons. The van der Waals surface area contributed by atoms with Gasteiger partial charge >= 0.3 is 0 Å². The zero-order chi connectivity index (χ0) is 11.8. The van der Waals surface area contributed by atoms with E-state index in [1.54, 1.807) is 0 Å². The second-order valence-electron chi connectivity index (χ2n) is 4.32. The molecule has 1 rings (SSSR count). The molecule has 1 heteroatoms. The van der Waals surface area contributed by atoms with Gasteiger partial charge in [0, 0.05) is 0 Å². The van der Waals surface area contributed by atoms with Crippen molar-refractivity contribution in [1.29, 1.82) is 0 Å². The van der Waals surface area contributed by atoms with Crippen molar-refractivity contribution in [3.63, 3.8) is 0 Å². The van der Waals surface area contributed by atoms with E-state index in [-0.39, 0.29) is 0 Å². The number of benzene rings is 1. The van der Waals surface area contributed by atoms with Crippen LogP contribution >= 0.6 is 0 Å². The molecule has 0 radical (unpaired) electrons. The maximum atomic E-state index is 5.70. The highest BCUT2D eigenvalue weighted by Gasteiger charge is 1.95. The molecule has 0 bridgehead atoms. The average molecular weight is 218 g/mol. The van der Waals surface area contributed by atoms with Crippen molar-refractivity contribution in [2.24, 2.45) is 0 Å². The van der Waals surface area contributed by atoms with Crippen molar-refractivity contribution < 1.29 is 4.74 Å². The molecule has 1 nitrogen and oxygen atoms in total. The van der Waals surface area contributed by atoms with Crippen LogP contribution in [0.2, 0.25) is 0 Å². The van der Waals surface area contributed by atoms with Crippen LogP contribution in [0.3, 0.4) is 0 Å². The fraction of sp³-hybridized carbons (Fsp3) is 0.467. The summed E-state index contributed by atoms with van der Waals surface area (Å²) in [5.41, 5.74) is 2.71. The second kappa shape index (κ2) is 7.10. The van der Waals surface area contributed by atoms with Crippen LogP contribution in [0.25, 0.3) is 0 Å². The molecule has 0 unspecified atom stereocenters. The average Bonchev–Trinajstić information content (AvgIpc) is 2.25. The predicted molar refractivity (Wildman–Crippen MR) is 70.0 cm³/mol. The van der Waals surface area contributed by atoms with E-state index in [0.29, 0.717) is 0 Å². The first-order valence-corrected chi connectivity index (χ1v) is 6.07. The zero-order valence-corrected chi connectivity index (χ0v) is 10.6. The van der Waals surface area contributed by atoms with E-state index in [4.69, 9.17) is 4.74 Å². The Labute approximate surface area is 99.1 Å². The molecular formula is C15H22O. The molecule has 1 aromatic rings. The largest absolute Gasteiger partial charge is 0.493 e. The third-order valence-electron chi connectivity index (χ3n) is 2.38. The monoisotopic (exact) mass is 218 g/mol. The normalized spacial score (nSPS) is 9.94. The molecule has 0 aliphatic carbocycles. The zero-order valence-electron chi connectivity index (χ0n) is 10.6. The topological polar surface area (TPSA) is 9.23 Å². The first-order valence-electron chi connectivity index (χ1n) is 6.07. The third kappa shape index (κ3) is 5.01. The van der Waals surface area contributed by atoms with Gasteiger partial charge < -0.3 is 4.74 Å². The lowest BCUT2D eigenvalue weighted by Gasteiger charge is -2.06.